The van der Waals surface area contributed by atoms with Crippen molar-refractivity contribution in [2.75, 3.05) is 11.9 Å². The Morgan fingerprint density at radius 3 is 2.55 bits per heavy atom. The number of rotatable bonds is 4. The van der Waals surface area contributed by atoms with E-state index in [1.54, 1.807) is 17.0 Å². The fourth-order valence-electron chi connectivity index (χ4n) is 2.92. The average Bonchev–Trinajstić information content (AvgIpc) is 2.93. The van der Waals surface area contributed by atoms with E-state index in [0.29, 0.717) is 0 Å². The molecular formula is C16H21N3O. The largest absolute Gasteiger partial charge is 0.385 e. The Morgan fingerprint density at radius 2 is 1.90 bits per heavy atom. The van der Waals surface area contributed by atoms with E-state index < -0.39 is 0 Å². The minimum atomic E-state index is -0.104. The van der Waals surface area contributed by atoms with Gasteiger partial charge in [0.2, 0.25) is 0 Å². The summed E-state index contributed by atoms with van der Waals surface area (Å²) >= 11 is 0. The third-order valence-electron chi connectivity index (χ3n) is 4.11. The minimum Gasteiger partial charge on any atom is -0.385 e. The smallest absolute Gasteiger partial charge is 0.330 e. The molecule has 0 bridgehead atoms. The molecule has 4 heteroatoms. The van der Waals surface area contributed by atoms with Crippen LogP contribution < -0.4 is 11.0 Å². The molecule has 1 aromatic carbocycles. The second-order valence-electron chi connectivity index (χ2n) is 5.57. The third-order valence-corrected chi connectivity index (χ3v) is 4.11. The van der Waals surface area contributed by atoms with Gasteiger partial charge in [-0.15, -0.1) is 0 Å². The Kier molecular flexibility index (Phi) is 3.90. The van der Waals surface area contributed by atoms with Gasteiger partial charge < -0.3 is 10.3 Å². The van der Waals surface area contributed by atoms with Gasteiger partial charge in [0, 0.05) is 24.6 Å². The van der Waals surface area contributed by atoms with Crippen molar-refractivity contribution in [2.24, 2.45) is 5.92 Å². The van der Waals surface area contributed by atoms with E-state index in [4.69, 9.17) is 0 Å². The quantitative estimate of drug-likeness (QED) is 0.897. The highest BCUT2D eigenvalue weighted by Crippen LogP contribution is 2.24. The lowest BCUT2D eigenvalue weighted by molar-refractivity contribution is 0.373. The topological polar surface area (TPSA) is 49.8 Å². The van der Waals surface area contributed by atoms with Gasteiger partial charge >= 0.3 is 5.69 Å². The van der Waals surface area contributed by atoms with Crippen molar-refractivity contribution in [3.05, 3.63) is 47.1 Å². The summed E-state index contributed by atoms with van der Waals surface area (Å²) < 4.78 is 1.60. The molecule has 3 rings (SSSR count). The van der Waals surface area contributed by atoms with Gasteiger partial charge in [0.1, 0.15) is 0 Å². The van der Waals surface area contributed by atoms with E-state index in [1.165, 1.54) is 32.1 Å². The molecule has 1 aliphatic rings. The van der Waals surface area contributed by atoms with Gasteiger partial charge in [0.25, 0.3) is 0 Å². The van der Waals surface area contributed by atoms with Crippen LogP contribution in [0.1, 0.15) is 32.1 Å². The summed E-state index contributed by atoms with van der Waals surface area (Å²) in [4.78, 5) is 14.2. The maximum atomic E-state index is 11.5. The summed E-state index contributed by atoms with van der Waals surface area (Å²) in [6, 6.07) is 8.02. The Bertz CT molecular complexity index is 591. The lowest BCUT2D eigenvalue weighted by atomic mass is 9.89. The summed E-state index contributed by atoms with van der Waals surface area (Å²) in [6.07, 6.45) is 10.2. The van der Waals surface area contributed by atoms with Gasteiger partial charge in [-0.1, -0.05) is 19.3 Å². The van der Waals surface area contributed by atoms with Crippen LogP contribution in [0.15, 0.2) is 41.5 Å². The zero-order valence-electron chi connectivity index (χ0n) is 11.6. The number of nitrogens with zero attached hydrogens (tertiary/aromatic N) is 1. The molecule has 0 unspecified atom stereocenters. The summed E-state index contributed by atoms with van der Waals surface area (Å²) in [6.45, 7) is 1.06. The van der Waals surface area contributed by atoms with Crippen molar-refractivity contribution in [3.8, 4) is 5.69 Å². The second-order valence-corrected chi connectivity index (χ2v) is 5.57. The number of anilines is 1. The SMILES string of the molecule is O=c1[nH]ccn1-c1ccc(NCC2CCCCC2)cc1. The van der Waals surface area contributed by atoms with E-state index in [-0.39, 0.29) is 5.69 Å². The van der Waals surface area contributed by atoms with E-state index >= 15 is 0 Å². The predicted molar refractivity (Wildman–Crippen MR) is 81.5 cm³/mol. The van der Waals surface area contributed by atoms with Gasteiger partial charge in [-0.25, -0.2) is 4.79 Å². The molecule has 1 saturated carbocycles. The Labute approximate surface area is 118 Å². The van der Waals surface area contributed by atoms with Gasteiger partial charge in [0.15, 0.2) is 0 Å². The van der Waals surface area contributed by atoms with Crippen molar-refractivity contribution in [2.45, 2.75) is 32.1 Å². The van der Waals surface area contributed by atoms with Crippen molar-refractivity contribution in [3.63, 3.8) is 0 Å². The van der Waals surface area contributed by atoms with Crippen LogP contribution in [0, 0.1) is 5.92 Å². The third kappa shape index (κ3) is 2.95. The molecule has 0 spiro atoms. The Morgan fingerprint density at radius 1 is 1.15 bits per heavy atom. The lowest BCUT2D eigenvalue weighted by Crippen LogP contribution is -2.17. The molecule has 2 N–H and O–H groups in total. The van der Waals surface area contributed by atoms with Crippen LogP contribution in [0.2, 0.25) is 0 Å². The van der Waals surface area contributed by atoms with E-state index in [2.05, 4.69) is 10.3 Å². The monoisotopic (exact) mass is 271 g/mol. The molecule has 1 aromatic heterocycles. The van der Waals surface area contributed by atoms with Crippen LogP contribution in [0.25, 0.3) is 5.69 Å². The number of nitrogens with one attached hydrogen (secondary N) is 2. The lowest BCUT2D eigenvalue weighted by Gasteiger charge is -2.22. The zero-order valence-corrected chi connectivity index (χ0v) is 11.6. The maximum Gasteiger partial charge on any atom is 0.330 e. The molecule has 0 aliphatic heterocycles. The van der Waals surface area contributed by atoms with Crippen LogP contribution >= 0.6 is 0 Å². The first-order valence-electron chi connectivity index (χ1n) is 7.43. The first kappa shape index (κ1) is 13.0. The number of hydrogen-bond acceptors (Lipinski definition) is 2. The first-order valence-corrected chi connectivity index (χ1v) is 7.43. The van der Waals surface area contributed by atoms with Gasteiger partial charge in [-0.2, -0.15) is 0 Å². The van der Waals surface area contributed by atoms with Crippen molar-refractivity contribution in [1.29, 1.82) is 0 Å². The van der Waals surface area contributed by atoms with Crippen LogP contribution in [0.3, 0.4) is 0 Å². The highest BCUT2D eigenvalue weighted by Gasteiger charge is 2.12. The normalized spacial score (nSPS) is 16.2. The summed E-state index contributed by atoms with van der Waals surface area (Å²) in [5, 5.41) is 3.51. The van der Waals surface area contributed by atoms with Gasteiger partial charge in [-0.3, -0.25) is 4.57 Å². The maximum absolute atomic E-state index is 11.5. The molecule has 0 saturated heterocycles. The molecule has 0 atom stereocenters. The summed E-state index contributed by atoms with van der Waals surface area (Å²) in [7, 11) is 0. The number of H-pyrrole nitrogens is 1. The average molecular weight is 271 g/mol. The predicted octanol–water partition coefficient (Wildman–Crippen LogP) is 3.16. The fourth-order valence-corrected chi connectivity index (χ4v) is 2.92. The first-order chi connectivity index (χ1) is 9.83. The summed E-state index contributed by atoms with van der Waals surface area (Å²) in [5.41, 5.74) is 1.91. The zero-order chi connectivity index (χ0) is 13.8. The highest BCUT2D eigenvalue weighted by atomic mass is 16.1. The molecule has 1 aliphatic carbocycles. The fraction of sp³-hybridized carbons (Fsp3) is 0.438. The second kappa shape index (κ2) is 5.99. The number of hydrogen-bond donors (Lipinski definition) is 2. The minimum absolute atomic E-state index is 0.104. The molecular weight excluding hydrogens is 250 g/mol. The number of imidazole rings is 1. The van der Waals surface area contributed by atoms with E-state index in [9.17, 15) is 4.79 Å². The molecule has 106 valence electrons. The van der Waals surface area contributed by atoms with Crippen molar-refractivity contribution < 1.29 is 0 Å². The van der Waals surface area contributed by atoms with Crippen LogP contribution in [-0.2, 0) is 0 Å². The molecule has 0 amide bonds. The molecule has 2 aromatic rings. The molecule has 0 radical (unpaired) electrons. The Balaban J connectivity index is 1.61. The van der Waals surface area contributed by atoms with Crippen LogP contribution in [0.5, 0.6) is 0 Å². The Hall–Kier alpha value is -1.97. The van der Waals surface area contributed by atoms with Gasteiger partial charge in [0.05, 0.1) is 5.69 Å². The highest BCUT2D eigenvalue weighted by molar-refractivity contribution is 5.48. The number of aromatic amines is 1. The molecule has 20 heavy (non-hydrogen) atoms. The molecule has 1 fully saturated rings. The van der Waals surface area contributed by atoms with Gasteiger partial charge in [-0.05, 0) is 43.0 Å². The van der Waals surface area contributed by atoms with Crippen molar-refractivity contribution in [1.82, 2.24) is 9.55 Å². The molecule has 1 heterocycles. The molecule has 4 nitrogen and oxygen atoms in total. The van der Waals surface area contributed by atoms with Crippen molar-refractivity contribution >= 4 is 5.69 Å². The number of aromatic nitrogens is 2. The van der Waals surface area contributed by atoms with E-state index in [0.717, 1.165) is 23.8 Å². The van der Waals surface area contributed by atoms with Crippen LogP contribution in [-0.4, -0.2) is 16.1 Å². The van der Waals surface area contributed by atoms with E-state index in [1.807, 2.05) is 24.3 Å². The van der Waals surface area contributed by atoms with Crippen LogP contribution in [0.4, 0.5) is 5.69 Å². The summed E-state index contributed by atoms with van der Waals surface area (Å²) in [5.74, 6) is 0.815. The standard InChI is InChI=1S/C16H21N3O/c20-16-17-10-11-19(16)15-8-6-14(7-9-15)18-12-13-4-2-1-3-5-13/h6-11,13,18H,1-5,12H2,(H,17,20). The number of benzene rings is 1.